The van der Waals surface area contributed by atoms with Crippen molar-refractivity contribution in [2.24, 2.45) is 0 Å². The van der Waals surface area contributed by atoms with E-state index in [9.17, 15) is 18.0 Å². The molecule has 0 unspecified atom stereocenters. The molecule has 1 heterocycles. The number of anilines is 1. The molecule has 0 radical (unpaired) electrons. The molecule has 0 fully saturated rings. The summed E-state index contributed by atoms with van der Waals surface area (Å²) in [5.74, 6) is -0.534. The normalized spacial score (nSPS) is 13.3. The van der Waals surface area contributed by atoms with Gasteiger partial charge in [-0.25, -0.2) is 13.2 Å². The lowest BCUT2D eigenvalue weighted by Crippen LogP contribution is -2.34. The maximum Gasteiger partial charge on any atom is 0.338 e. The van der Waals surface area contributed by atoms with E-state index in [1.807, 2.05) is 0 Å². The number of rotatable bonds is 8. The molecule has 2 aromatic carbocycles. The Morgan fingerprint density at radius 1 is 1.16 bits per heavy atom. The fourth-order valence-electron chi connectivity index (χ4n) is 3.50. The SMILES string of the molecule is CCOc1c(Cl)cc(C(=O)OCC(=O)c2ccc3c(c2)CCCN3S(C)(=O)=O)cc1OC. The van der Waals surface area contributed by atoms with E-state index < -0.39 is 28.4 Å². The predicted molar refractivity (Wildman–Crippen MR) is 121 cm³/mol. The Balaban J connectivity index is 1.72. The monoisotopic (exact) mass is 481 g/mol. The number of Topliss-reactive ketones (excluding diaryl/α,β-unsaturated/α-hetero) is 1. The number of fused-ring (bicyclic) bond motifs is 1. The van der Waals surface area contributed by atoms with Crippen molar-refractivity contribution in [3.63, 3.8) is 0 Å². The van der Waals surface area contributed by atoms with Crippen molar-refractivity contribution in [3.8, 4) is 11.5 Å². The third-order valence-electron chi connectivity index (χ3n) is 4.97. The predicted octanol–water partition coefficient (Wildman–Crippen LogP) is 3.50. The van der Waals surface area contributed by atoms with E-state index in [1.54, 1.807) is 19.1 Å². The highest BCUT2D eigenvalue weighted by molar-refractivity contribution is 7.92. The summed E-state index contributed by atoms with van der Waals surface area (Å²) in [5, 5.41) is 0.189. The Labute approximate surface area is 192 Å². The Bertz CT molecular complexity index is 1150. The van der Waals surface area contributed by atoms with Crippen molar-refractivity contribution in [1.29, 1.82) is 0 Å². The second-order valence-corrected chi connectivity index (χ2v) is 9.52. The van der Waals surface area contributed by atoms with Crippen molar-refractivity contribution in [2.45, 2.75) is 19.8 Å². The molecule has 0 saturated carbocycles. The molecule has 1 aliphatic heterocycles. The van der Waals surface area contributed by atoms with Gasteiger partial charge in [0.1, 0.15) is 0 Å². The first-order chi connectivity index (χ1) is 15.2. The zero-order valence-corrected chi connectivity index (χ0v) is 19.6. The first-order valence-electron chi connectivity index (χ1n) is 9.97. The van der Waals surface area contributed by atoms with Crippen LogP contribution in [0.4, 0.5) is 5.69 Å². The molecule has 2 aromatic rings. The molecular formula is C22H24ClNO7S. The fraction of sp³-hybridized carbons (Fsp3) is 0.364. The number of hydrogen-bond acceptors (Lipinski definition) is 7. The Morgan fingerprint density at radius 2 is 1.91 bits per heavy atom. The average Bonchev–Trinajstić information content (AvgIpc) is 2.76. The number of ether oxygens (including phenoxy) is 3. The van der Waals surface area contributed by atoms with Gasteiger partial charge in [0.05, 0.1) is 36.2 Å². The van der Waals surface area contributed by atoms with Crippen LogP contribution >= 0.6 is 11.6 Å². The van der Waals surface area contributed by atoms with Crippen LogP contribution < -0.4 is 13.8 Å². The molecule has 0 N–H and O–H groups in total. The molecule has 0 aromatic heterocycles. The van der Waals surface area contributed by atoms with Crippen molar-refractivity contribution in [3.05, 3.63) is 52.0 Å². The molecule has 0 saturated heterocycles. The van der Waals surface area contributed by atoms with E-state index in [2.05, 4.69) is 0 Å². The highest BCUT2D eigenvalue weighted by Gasteiger charge is 2.25. The van der Waals surface area contributed by atoms with Crippen molar-refractivity contribution < 1.29 is 32.2 Å². The maximum absolute atomic E-state index is 12.6. The molecule has 0 atom stereocenters. The van der Waals surface area contributed by atoms with Gasteiger partial charge in [0.2, 0.25) is 10.0 Å². The lowest BCUT2D eigenvalue weighted by atomic mass is 9.99. The van der Waals surface area contributed by atoms with Crippen LogP contribution in [0.5, 0.6) is 11.5 Å². The van der Waals surface area contributed by atoms with Gasteiger partial charge >= 0.3 is 5.97 Å². The smallest absolute Gasteiger partial charge is 0.338 e. The van der Waals surface area contributed by atoms with Crippen LogP contribution in [0.25, 0.3) is 0 Å². The third kappa shape index (κ3) is 5.16. The number of sulfonamides is 1. The molecule has 0 spiro atoms. The number of carbonyl (C=O) groups is 2. The van der Waals surface area contributed by atoms with Crippen molar-refractivity contribution >= 4 is 39.1 Å². The van der Waals surface area contributed by atoms with E-state index in [-0.39, 0.29) is 16.3 Å². The van der Waals surface area contributed by atoms with Crippen LogP contribution in [0, 0.1) is 0 Å². The minimum absolute atomic E-state index is 0.123. The molecule has 0 aliphatic carbocycles. The van der Waals surface area contributed by atoms with E-state index >= 15 is 0 Å². The Morgan fingerprint density at radius 3 is 2.56 bits per heavy atom. The average molecular weight is 482 g/mol. The lowest BCUT2D eigenvalue weighted by Gasteiger charge is -2.29. The van der Waals surface area contributed by atoms with Gasteiger partial charge in [-0.1, -0.05) is 11.6 Å². The minimum Gasteiger partial charge on any atom is -0.493 e. The number of esters is 1. The van der Waals surface area contributed by atoms with Gasteiger partial charge < -0.3 is 14.2 Å². The number of benzene rings is 2. The van der Waals surface area contributed by atoms with E-state index in [0.29, 0.717) is 43.0 Å². The minimum atomic E-state index is -3.39. The number of carbonyl (C=O) groups excluding carboxylic acids is 2. The third-order valence-corrected chi connectivity index (χ3v) is 6.43. The summed E-state index contributed by atoms with van der Waals surface area (Å²) in [6, 6.07) is 7.62. The number of hydrogen-bond donors (Lipinski definition) is 0. The highest BCUT2D eigenvalue weighted by atomic mass is 35.5. The van der Waals surface area contributed by atoms with Gasteiger partial charge in [0, 0.05) is 12.1 Å². The summed E-state index contributed by atoms with van der Waals surface area (Å²) in [5.41, 5.74) is 1.80. The summed E-state index contributed by atoms with van der Waals surface area (Å²) in [7, 11) is -1.97. The van der Waals surface area contributed by atoms with Gasteiger partial charge in [-0.05, 0) is 55.7 Å². The molecule has 172 valence electrons. The standard InChI is InChI=1S/C22H24ClNO7S/c1-4-30-21-17(23)11-16(12-20(21)29-2)22(26)31-13-19(25)15-7-8-18-14(10-15)6-5-9-24(18)32(3,27)28/h7-8,10-12H,4-6,9,13H2,1-3H3. The molecule has 8 nitrogen and oxygen atoms in total. The lowest BCUT2D eigenvalue weighted by molar-refractivity contribution is 0.0474. The highest BCUT2D eigenvalue weighted by Crippen LogP contribution is 2.36. The number of halogens is 1. The van der Waals surface area contributed by atoms with Gasteiger partial charge in [0.25, 0.3) is 0 Å². The summed E-state index contributed by atoms with van der Waals surface area (Å²) < 4.78 is 41.1. The van der Waals surface area contributed by atoms with Crippen LogP contribution in [0.3, 0.4) is 0 Å². The number of methoxy groups -OCH3 is 1. The second kappa shape index (κ2) is 9.79. The Hall–Kier alpha value is -2.78. The van der Waals surface area contributed by atoms with Crippen molar-refractivity contribution in [1.82, 2.24) is 0 Å². The topological polar surface area (TPSA) is 99.2 Å². The summed E-state index contributed by atoms with van der Waals surface area (Å²) in [4.78, 5) is 25.0. The van der Waals surface area contributed by atoms with Crippen LogP contribution in [-0.4, -0.2) is 53.3 Å². The molecule has 0 amide bonds. The van der Waals surface area contributed by atoms with Crippen molar-refractivity contribution in [2.75, 3.05) is 37.4 Å². The number of nitrogens with zero attached hydrogens (tertiary/aromatic N) is 1. The fourth-order valence-corrected chi connectivity index (χ4v) is 4.76. The summed E-state index contributed by atoms with van der Waals surface area (Å²) >= 11 is 6.18. The van der Waals surface area contributed by atoms with E-state index in [0.717, 1.165) is 11.8 Å². The molecule has 32 heavy (non-hydrogen) atoms. The Kier molecular flexibility index (Phi) is 7.30. The van der Waals surface area contributed by atoms with Gasteiger partial charge in [-0.15, -0.1) is 0 Å². The van der Waals surface area contributed by atoms with E-state index in [1.165, 1.54) is 29.6 Å². The summed E-state index contributed by atoms with van der Waals surface area (Å²) in [6.45, 7) is 2.10. The van der Waals surface area contributed by atoms with Crippen LogP contribution in [0.2, 0.25) is 5.02 Å². The van der Waals surface area contributed by atoms with Crippen LogP contribution in [-0.2, 0) is 21.2 Å². The quantitative estimate of drug-likeness (QED) is 0.420. The van der Waals surface area contributed by atoms with Gasteiger partial charge in [-0.2, -0.15) is 0 Å². The molecule has 10 heteroatoms. The first kappa shape index (κ1) is 23.9. The zero-order chi connectivity index (χ0) is 23.5. The summed E-state index contributed by atoms with van der Waals surface area (Å²) in [6.07, 6.45) is 2.47. The maximum atomic E-state index is 12.6. The van der Waals surface area contributed by atoms with Crippen LogP contribution in [0.15, 0.2) is 30.3 Å². The molecule has 0 bridgehead atoms. The number of ketones is 1. The zero-order valence-electron chi connectivity index (χ0n) is 18.0. The first-order valence-corrected chi connectivity index (χ1v) is 12.2. The largest absolute Gasteiger partial charge is 0.493 e. The molecule has 3 rings (SSSR count). The van der Waals surface area contributed by atoms with Gasteiger partial charge in [0.15, 0.2) is 23.9 Å². The van der Waals surface area contributed by atoms with Crippen LogP contribution in [0.1, 0.15) is 39.6 Å². The number of aryl methyl sites for hydroxylation is 1. The molecular weight excluding hydrogens is 458 g/mol. The second-order valence-electron chi connectivity index (χ2n) is 7.20. The molecule has 1 aliphatic rings. The van der Waals surface area contributed by atoms with E-state index in [4.69, 9.17) is 25.8 Å². The van der Waals surface area contributed by atoms with Gasteiger partial charge in [-0.3, -0.25) is 9.10 Å².